The zero-order chi connectivity index (χ0) is 31.5. The highest BCUT2D eigenvalue weighted by molar-refractivity contribution is 5.44. The third-order valence-electron chi connectivity index (χ3n) is 8.19. The van der Waals surface area contributed by atoms with E-state index in [2.05, 4.69) is 80.4 Å². The molecule has 0 aliphatic heterocycles. The number of aromatic hydroxyl groups is 2. The van der Waals surface area contributed by atoms with Crippen LogP contribution in [0, 0.1) is 5.82 Å². The molecular weight excluding hydrogens is 551 g/mol. The standard InChI is InChI=1S/C38H47FN2O3/c1-27(2)41(28(3)4)22-19-34(32-8-6-5-7-9-32)35-24-30(12-16-37(35)42)20-23-44-33-14-10-29(11-15-33)18-21-40-26-31-13-17-38(43)36(39)25-31/h5-17,24-25,27-28,34,40,42-43H,18-23,26H2,1-4H3. The minimum Gasteiger partial charge on any atom is -0.508 e. The summed E-state index contributed by atoms with van der Waals surface area (Å²) in [7, 11) is 0. The number of nitrogens with zero attached hydrogens (tertiary/aromatic N) is 1. The lowest BCUT2D eigenvalue weighted by atomic mass is 9.86. The largest absolute Gasteiger partial charge is 0.508 e. The SMILES string of the molecule is CC(C)N(CCC(c1ccccc1)c1cc(CCOc2ccc(CCNCc3ccc(O)c(F)c3)cc2)ccc1O)C(C)C. The van der Waals surface area contributed by atoms with E-state index in [0.29, 0.717) is 31.0 Å². The Balaban J connectivity index is 1.31. The molecule has 1 atom stereocenters. The Labute approximate surface area is 262 Å². The normalized spacial score (nSPS) is 12.3. The van der Waals surface area contributed by atoms with Gasteiger partial charge in [0.25, 0.3) is 0 Å². The topological polar surface area (TPSA) is 65.0 Å². The maximum absolute atomic E-state index is 13.5. The van der Waals surface area contributed by atoms with Gasteiger partial charge in [0, 0.05) is 36.5 Å². The Hall–Kier alpha value is -3.87. The van der Waals surface area contributed by atoms with Crippen LogP contribution in [0.2, 0.25) is 0 Å². The van der Waals surface area contributed by atoms with Gasteiger partial charge in [-0.2, -0.15) is 0 Å². The van der Waals surface area contributed by atoms with Crippen LogP contribution in [0.4, 0.5) is 4.39 Å². The molecule has 0 radical (unpaired) electrons. The predicted octanol–water partition coefficient (Wildman–Crippen LogP) is 7.83. The summed E-state index contributed by atoms with van der Waals surface area (Å²) in [6, 6.07) is 29.9. The molecule has 0 saturated heterocycles. The van der Waals surface area contributed by atoms with E-state index in [4.69, 9.17) is 4.74 Å². The van der Waals surface area contributed by atoms with Gasteiger partial charge in [-0.1, -0.05) is 60.7 Å². The van der Waals surface area contributed by atoms with Crippen molar-refractivity contribution in [2.75, 3.05) is 19.7 Å². The van der Waals surface area contributed by atoms with Crippen LogP contribution in [0.3, 0.4) is 0 Å². The summed E-state index contributed by atoms with van der Waals surface area (Å²) in [5.41, 5.74) is 5.30. The molecule has 6 heteroatoms. The summed E-state index contributed by atoms with van der Waals surface area (Å²) in [6.45, 7) is 11.8. The first-order chi connectivity index (χ1) is 21.2. The van der Waals surface area contributed by atoms with Gasteiger partial charge in [-0.3, -0.25) is 4.90 Å². The van der Waals surface area contributed by atoms with Crippen molar-refractivity contribution in [3.63, 3.8) is 0 Å². The first kappa shape index (κ1) is 33.0. The van der Waals surface area contributed by atoms with Gasteiger partial charge < -0.3 is 20.3 Å². The van der Waals surface area contributed by atoms with Gasteiger partial charge in [-0.05, 0) is 106 Å². The second-order valence-corrected chi connectivity index (χ2v) is 12.0. The van der Waals surface area contributed by atoms with Crippen molar-refractivity contribution in [2.24, 2.45) is 0 Å². The number of rotatable bonds is 16. The van der Waals surface area contributed by atoms with Crippen molar-refractivity contribution < 1.29 is 19.3 Å². The molecule has 5 nitrogen and oxygen atoms in total. The average Bonchev–Trinajstić information content (AvgIpc) is 3.01. The van der Waals surface area contributed by atoms with Gasteiger partial charge in [0.15, 0.2) is 11.6 Å². The van der Waals surface area contributed by atoms with Crippen molar-refractivity contribution in [2.45, 2.75) is 71.5 Å². The molecule has 0 aliphatic rings. The van der Waals surface area contributed by atoms with Gasteiger partial charge in [0.05, 0.1) is 6.61 Å². The van der Waals surface area contributed by atoms with Crippen LogP contribution in [0.25, 0.3) is 0 Å². The molecule has 3 N–H and O–H groups in total. The molecule has 0 bridgehead atoms. The second-order valence-electron chi connectivity index (χ2n) is 12.0. The summed E-state index contributed by atoms with van der Waals surface area (Å²) in [5, 5.41) is 23.6. The number of hydrogen-bond acceptors (Lipinski definition) is 5. The van der Waals surface area contributed by atoms with Gasteiger partial charge in [-0.15, -0.1) is 0 Å². The van der Waals surface area contributed by atoms with Crippen molar-refractivity contribution in [3.05, 3.63) is 125 Å². The summed E-state index contributed by atoms with van der Waals surface area (Å²) >= 11 is 0. The van der Waals surface area contributed by atoms with E-state index in [1.165, 1.54) is 23.3 Å². The van der Waals surface area contributed by atoms with Crippen molar-refractivity contribution in [3.8, 4) is 17.2 Å². The molecule has 4 rings (SSSR count). The number of phenolic OH excluding ortho intramolecular Hbond substituents is 2. The molecule has 0 aliphatic carbocycles. The van der Waals surface area contributed by atoms with Crippen LogP contribution in [0.1, 0.15) is 67.9 Å². The lowest BCUT2D eigenvalue weighted by Gasteiger charge is -2.32. The van der Waals surface area contributed by atoms with Crippen LogP contribution in [0.15, 0.2) is 91.0 Å². The Morgan fingerprint density at radius 3 is 2.09 bits per heavy atom. The minimum atomic E-state index is -0.600. The quantitative estimate of drug-likeness (QED) is 0.115. The molecule has 0 saturated carbocycles. The maximum atomic E-state index is 13.5. The molecule has 0 heterocycles. The molecule has 4 aromatic rings. The van der Waals surface area contributed by atoms with E-state index in [1.807, 2.05) is 30.3 Å². The highest BCUT2D eigenvalue weighted by Crippen LogP contribution is 2.35. The number of nitrogens with one attached hydrogen (secondary N) is 1. The average molecular weight is 599 g/mol. The van der Waals surface area contributed by atoms with Crippen LogP contribution >= 0.6 is 0 Å². The van der Waals surface area contributed by atoms with Crippen molar-refractivity contribution in [1.82, 2.24) is 10.2 Å². The molecule has 0 fully saturated rings. The highest BCUT2D eigenvalue weighted by Gasteiger charge is 2.21. The zero-order valence-corrected chi connectivity index (χ0v) is 26.5. The third kappa shape index (κ3) is 9.57. The van der Waals surface area contributed by atoms with E-state index in [1.54, 1.807) is 6.07 Å². The summed E-state index contributed by atoms with van der Waals surface area (Å²) in [5.74, 6) is 0.333. The van der Waals surface area contributed by atoms with E-state index >= 15 is 0 Å². The Morgan fingerprint density at radius 1 is 0.750 bits per heavy atom. The van der Waals surface area contributed by atoms with Crippen LogP contribution in [-0.4, -0.2) is 46.9 Å². The molecular formula is C38H47FN2O3. The third-order valence-corrected chi connectivity index (χ3v) is 8.19. The monoisotopic (exact) mass is 598 g/mol. The summed E-state index contributed by atoms with van der Waals surface area (Å²) in [6.07, 6.45) is 2.50. The molecule has 0 spiro atoms. The maximum Gasteiger partial charge on any atom is 0.165 e. The number of halogens is 1. The van der Waals surface area contributed by atoms with Gasteiger partial charge >= 0.3 is 0 Å². The van der Waals surface area contributed by atoms with E-state index in [9.17, 15) is 14.6 Å². The Bertz CT molecular complexity index is 1430. The fourth-order valence-corrected chi connectivity index (χ4v) is 5.78. The van der Waals surface area contributed by atoms with Crippen LogP contribution in [0.5, 0.6) is 17.2 Å². The number of hydrogen-bond donors (Lipinski definition) is 3. The Kier molecular flexibility index (Phi) is 12.2. The molecule has 1 unspecified atom stereocenters. The number of benzene rings is 4. The van der Waals surface area contributed by atoms with E-state index in [-0.39, 0.29) is 11.7 Å². The molecule has 0 aromatic heterocycles. The second kappa shape index (κ2) is 16.3. The summed E-state index contributed by atoms with van der Waals surface area (Å²) < 4.78 is 19.6. The van der Waals surface area contributed by atoms with Gasteiger partial charge in [-0.25, -0.2) is 4.39 Å². The smallest absolute Gasteiger partial charge is 0.165 e. The van der Waals surface area contributed by atoms with Crippen LogP contribution < -0.4 is 10.1 Å². The van der Waals surface area contributed by atoms with E-state index in [0.717, 1.165) is 54.8 Å². The van der Waals surface area contributed by atoms with Crippen LogP contribution in [-0.2, 0) is 19.4 Å². The zero-order valence-electron chi connectivity index (χ0n) is 26.5. The highest BCUT2D eigenvalue weighted by atomic mass is 19.1. The number of phenols is 2. The fourth-order valence-electron chi connectivity index (χ4n) is 5.78. The first-order valence-corrected chi connectivity index (χ1v) is 15.7. The lowest BCUT2D eigenvalue weighted by Crippen LogP contribution is -2.38. The lowest BCUT2D eigenvalue weighted by molar-refractivity contribution is 0.170. The van der Waals surface area contributed by atoms with Crippen molar-refractivity contribution in [1.29, 1.82) is 0 Å². The first-order valence-electron chi connectivity index (χ1n) is 15.7. The Morgan fingerprint density at radius 2 is 1.41 bits per heavy atom. The molecule has 44 heavy (non-hydrogen) atoms. The minimum absolute atomic E-state index is 0.0985. The number of ether oxygens (including phenoxy) is 1. The molecule has 0 amide bonds. The van der Waals surface area contributed by atoms with E-state index < -0.39 is 5.82 Å². The van der Waals surface area contributed by atoms with Crippen molar-refractivity contribution >= 4 is 0 Å². The van der Waals surface area contributed by atoms with Gasteiger partial charge in [0.2, 0.25) is 0 Å². The fraction of sp³-hybridized carbons (Fsp3) is 0.368. The van der Waals surface area contributed by atoms with Gasteiger partial charge in [0.1, 0.15) is 11.5 Å². The molecule has 4 aromatic carbocycles. The molecule has 234 valence electrons. The summed E-state index contributed by atoms with van der Waals surface area (Å²) in [4.78, 5) is 2.51. The predicted molar refractivity (Wildman–Crippen MR) is 177 cm³/mol.